The maximum atomic E-state index is 12.7. The summed E-state index contributed by atoms with van der Waals surface area (Å²) >= 11 is 0. The Morgan fingerprint density at radius 3 is 2.19 bits per heavy atom. The van der Waals surface area contributed by atoms with Gasteiger partial charge in [0.15, 0.2) is 0 Å². The van der Waals surface area contributed by atoms with Gasteiger partial charge in [-0.1, -0.05) is 6.07 Å². The molecule has 168 valence electrons. The number of amides is 2. The van der Waals surface area contributed by atoms with E-state index in [0.29, 0.717) is 31.9 Å². The number of carbonyl (C=O) groups is 1. The van der Waals surface area contributed by atoms with Crippen LogP contribution in [0, 0.1) is 0 Å². The number of rotatable bonds is 4. The Morgan fingerprint density at radius 2 is 1.61 bits per heavy atom. The quantitative estimate of drug-likeness (QED) is 0.597. The van der Waals surface area contributed by atoms with Gasteiger partial charge in [-0.05, 0) is 49.9 Å². The number of nitrogens with zero attached hydrogens (tertiary/aromatic N) is 1. The summed E-state index contributed by atoms with van der Waals surface area (Å²) < 4.78 is 81.5. The van der Waals surface area contributed by atoms with E-state index >= 15 is 0 Å². The van der Waals surface area contributed by atoms with Crippen molar-refractivity contribution in [1.29, 1.82) is 0 Å². The first-order chi connectivity index (χ1) is 14.5. The topological polar surface area (TPSA) is 63.2 Å². The van der Waals surface area contributed by atoms with E-state index in [4.69, 9.17) is 4.74 Å². The van der Waals surface area contributed by atoms with Gasteiger partial charge >= 0.3 is 18.4 Å². The molecule has 0 saturated heterocycles. The Labute approximate surface area is 173 Å². The van der Waals surface area contributed by atoms with Crippen LogP contribution in [0.15, 0.2) is 42.6 Å². The van der Waals surface area contributed by atoms with E-state index in [1.54, 1.807) is 0 Å². The lowest BCUT2D eigenvalue weighted by atomic mass is 9.93. The number of ether oxygens (including phenoxy) is 1. The molecule has 0 atom stereocenters. The number of hydrogen-bond acceptors (Lipinski definition) is 3. The van der Waals surface area contributed by atoms with Gasteiger partial charge in [0.1, 0.15) is 6.10 Å². The van der Waals surface area contributed by atoms with Crippen LogP contribution in [-0.4, -0.2) is 23.2 Å². The molecule has 11 heteroatoms. The summed E-state index contributed by atoms with van der Waals surface area (Å²) in [4.78, 5) is 15.8. The Kier molecular flexibility index (Phi) is 6.61. The highest BCUT2D eigenvalue weighted by Gasteiger charge is 2.32. The van der Waals surface area contributed by atoms with Crippen LogP contribution in [-0.2, 0) is 12.4 Å². The number of hydrogen-bond donors (Lipinski definition) is 2. The van der Waals surface area contributed by atoms with Crippen LogP contribution in [0.1, 0.15) is 36.8 Å². The fraction of sp³-hybridized carbons (Fsp3) is 0.400. The molecule has 1 aromatic heterocycles. The van der Waals surface area contributed by atoms with Crippen molar-refractivity contribution in [2.45, 2.75) is 50.2 Å². The van der Waals surface area contributed by atoms with Crippen molar-refractivity contribution in [3.63, 3.8) is 0 Å². The van der Waals surface area contributed by atoms with Gasteiger partial charge in [-0.3, -0.25) is 0 Å². The molecule has 5 nitrogen and oxygen atoms in total. The second-order valence-electron chi connectivity index (χ2n) is 7.15. The van der Waals surface area contributed by atoms with Crippen molar-refractivity contribution in [2.75, 3.05) is 5.32 Å². The first kappa shape index (κ1) is 22.7. The predicted octanol–water partition coefficient (Wildman–Crippen LogP) is 5.63. The van der Waals surface area contributed by atoms with Crippen molar-refractivity contribution in [3.8, 4) is 5.88 Å². The van der Waals surface area contributed by atoms with Crippen LogP contribution in [0.4, 0.5) is 36.8 Å². The smallest absolute Gasteiger partial charge is 0.417 e. The van der Waals surface area contributed by atoms with Crippen molar-refractivity contribution in [2.24, 2.45) is 0 Å². The number of urea groups is 1. The molecule has 0 spiro atoms. The summed E-state index contributed by atoms with van der Waals surface area (Å²) in [5, 5.41) is 5.09. The molecular formula is C20H19F6N3O2. The van der Waals surface area contributed by atoms with E-state index in [1.807, 2.05) is 0 Å². The van der Waals surface area contributed by atoms with Gasteiger partial charge in [0, 0.05) is 24.0 Å². The number of pyridine rings is 1. The third-order valence-corrected chi connectivity index (χ3v) is 4.81. The zero-order valence-corrected chi connectivity index (χ0v) is 16.1. The molecule has 2 amide bonds. The van der Waals surface area contributed by atoms with Gasteiger partial charge in [0.05, 0.1) is 11.1 Å². The number of alkyl halides is 6. The Bertz CT molecular complexity index is 891. The minimum Gasteiger partial charge on any atom is -0.474 e. The zero-order valence-electron chi connectivity index (χ0n) is 16.1. The SMILES string of the molecule is O=C(Nc1cccc(C(F)(F)F)c1)NC1CCC(Oc2ccc(C(F)(F)F)cn2)CC1. The lowest BCUT2D eigenvalue weighted by Crippen LogP contribution is -2.41. The molecule has 1 aliphatic carbocycles. The van der Waals surface area contributed by atoms with Crippen molar-refractivity contribution < 1.29 is 35.9 Å². The van der Waals surface area contributed by atoms with E-state index < -0.39 is 29.5 Å². The minimum atomic E-state index is -4.51. The van der Waals surface area contributed by atoms with Gasteiger partial charge in [0.25, 0.3) is 0 Å². The van der Waals surface area contributed by atoms with Crippen LogP contribution in [0.5, 0.6) is 5.88 Å². The van der Waals surface area contributed by atoms with Gasteiger partial charge in [0.2, 0.25) is 5.88 Å². The molecule has 1 fully saturated rings. The summed E-state index contributed by atoms with van der Waals surface area (Å²) in [6.07, 6.45) is -6.36. The van der Waals surface area contributed by atoms with E-state index in [-0.39, 0.29) is 23.7 Å². The van der Waals surface area contributed by atoms with Crippen molar-refractivity contribution in [1.82, 2.24) is 10.3 Å². The number of aromatic nitrogens is 1. The van der Waals surface area contributed by atoms with Crippen LogP contribution in [0.2, 0.25) is 0 Å². The highest BCUT2D eigenvalue weighted by molar-refractivity contribution is 5.89. The molecular weight excluding hydrogens is 428 g/mol. The summed E-state index contributed by atoms with van der Waals surface area (Å²) in [5.74, 6) is 0.0895. The zero-order chi connectivity index (χ0) is 22.6. The average Bonchev–Trinajstić information content (AvgIpc) is 2.69. The monoisotopic (exact) mass is 447 g/mol. The molecule has 1 saturated carbocycles. The third-order valence-electron chi connectivity index (χ3n) is 4.81. The molecule has 2 N–H and O–H groups in total. The standard InChI is InChI=1S/C20H19F6N3O2/c21-19(22,23)12-2-1-3-15(10-12)29-18(30)28-14-5-7-16(8-6-14)31-17-9-4-13(11-27-17)20(24,25)26/h1-4,9-11,14,16H,5-8H2,(H2,28,29,30). The molecule has 1 aromatic carbocycles. The lowest BCUT2D eigenvalue weighted by molar-refractivity contribution is -0.138. The van der Waals surface area contributed by atoms with Gasteiger partial charge in [-0.25, -0.2) is 9.78 Å². The molecule has 1 aliphatic rings. The lowest BCUT2D eigenvalue weighted by Gasteiger charge is -2.29. The average molecular weight is 447 g/mol. The van der Waals surface area contributed by atoms with Gasteiger partial charge in [-0.15, -0.1) is 0 Å². The molecule has 3 rings (SSSR count). The summed E-state index contributed by atoms with van der Waals surface area (Å²) in [7, 11) is 0. The molecule has 0 aliphatic heterocycles. The van der Waals surface area contributed by atoms with E-state index in [0.717, 1.165) is 24.3 Å². The number of anilines is 1. The summed E-state index contributed by atoms with van der Waals surface area (Å²) in [5.41, 5.74) is -1.70. The molecule has 2 aromatic rings. The van der Waals surface area contributed by atoms with E-state index in [1.165, 1.54) is 12.1 Å². The fourth-order valence-corrected chi connectivity index (χ4v) is 3.24. The Morgan fingerprint density at radius 1 is 0.935 bits per heavy atom. The number of benzene rings is 1. The highest BCUT2D eigenvalue weighted by atomic mass is 19.4. The van der Waals surface area contributed by atoms with Crippen LogP contribution in [0.3, 0.4) is 0 Å². The Balaban J connectivity index is 1.45. The number of nitrogens with one attached hydrogen (secondary N) is 2. The molecule has 0 radical (unpaired) electrons. The predicted molar refractivity (Wildman–Crippen MR) is 99.5 cm³/mol. The van der Waals surface area contributed by atoms with E-state index in [9.17, 15) is 31.1 Å². The largest absolute Gasteiger partial charge is 0.474 e. The van der Waals surface area contributed by atoms with Crippen molar-refractivity contribution in [3.05, 3.63) is 53.7 Å². The maximum absolute atomic E-state index is 12.7. The number of halogens is 6. The number of carbonyl (C=O) groups excluding carboxylic acids is 1. The van der Waals surface area contributed by atoms with Crippen molar-refractivity contribution >= 4 is 11.7 Å². The van der Waals surface area contributed by atoms with Crippen LogP contribution >= 0.6 is 0 Å². The molecule has 1 heterocycles. The highest BCUT2D eigenvalue weighted by Crippen LogP contribution is 2.31. The van der Waals surface area contributed by atoms with Gasteiger partial charge < -0.3 is 15.4 Å². The second-order valence-corrected chi connectivity index (χ2v) is 7.15. The fourth-order valence-electron chi connectivity index (χ4n) is 3.24. The summed E-state index contributed by atoms with van der Waals surface area (Å²) in [6, 6.07) is 5.56. The molecule has 0 bridgehead atoms. The van der Waals surface area contributed by atoms with Crippen LogP contribution in [0.25, 0.3) is 0 Å². The maximum Gasteiger partial charge on any atom is 0.417 e. The third kappa shape index (κ3) is 6.50. The van der Waals surface area contributed by atoms with Crippen LogP contribution < -0.4 is 15.4 Å². The molecule has 0 unspecified atom stereocenters. The first-order valence-electron chi connectivity index (χ1n) is 9.45. The summed E-state index contributed by atoms with van der Waals surface area (Å²) in [6.45, 7) is 0. The van der Waals surface area contributed by atoms with E-state index in [2.05, 4.69) is 15.6 Å². The molecule has 31 heavy (non-hydrogen) atoms. The Hall–Kier alpha value is -2.98. The normalized spacial score (nSPS) is 19.5. The first-order valence-corrected chi connectivity index (χ1v) is 9.45. The second kappa shape index (κ2) is 9.03. The minimum absolute atomic E-state index is 0.0257. The van der Waals surface area contributed by atoms with Gasteiger partial charge in [-0.2, -0.15) is 26.3 Å².